The van der Waals surface area contributed by atoms with E-state index < -0.39 is 5.97 Å². The third kappa shape index (κ3) is 2.84. The Labute approximate surface area is 167 Å². The maximum absolute atomic E-state index is 11.7. The molecule has 8 heteroatoms. The van der Waals surface area contributed by atoms with E-state index in [-0.39, 0.29) is 6.04 Å². The largest absolute Gasteiger partial charge is 0.465 e. The van der Waals surface area contributed by atoms with Crippen molar-refractivity contribution in [3.8, 4) is 0 Å². The molecule has 0 radical (unpaired) electrons. The number of imidazole rings is 1. The van der Waals surface area contributed by atoms with Crippen molar-refractivity contribution >= 4 is 17.3 Å². The topological polar surface area (TPSA) is 88.4 Å². The minimum Gasteiger partial charge on any atom is -0.465 e. The van der Waals surface area contributed by atoms with Crippen LogP contribution >= 0.6 is 0 Å². The van der Waals surface area contributed by atoms with E-state index in [4.69, 9.17) is 9.84 Å². The van der Waals surface area contributed by atoms with Crippen molar-refractivity contribution in [2.24, 2.45) is 0 Å². The number of anilines is 1. The first-order chi connectivity index (χ1) is 14.2. The van der Waals surface area contributed by atoms with Crippen LogP contribution in [0.25, 0.3) is 5.52 Å². The van der Waals surface area contributed by atoms with E-state index in [1.807, 2.05) is 22.8 Å². The predicted octanol–water partition coefficient (Wildman–Crippen LogP) is 2.70. The number of fused-ring (bicyclic) bond motifs is 2. The van der Waals surface area contributed by atoms with E-state index in [1.165, 1.54) is 7.11 Å². The van der Waals surface area contributed by atoms with Crippen LogP contribution < -0.4 is 4.90 Å². The van der Waals surface area contributed by atoms with Gasteiger partial charge in [-0.1, -0.05) is 6.07 Å². The Balaban J connectivity index is 1.60. The SMILES string of the molecule is COC(=O)c1ccc(N2CCc3[nH]cnc3C2c2cc3c(C)cccn3n2)nc1. The lowest BCUT2D eigenvalue weighted by molar-refractivity contribution is 0.0600. The van der Waals surface area contributed by atoms with Crippen LogP contribution in [0.5, 0.6) is 0 Å². The Morgan fingerprint density at radius 2 is 2.17 bits per heavy atom. The first kappa shape index (κ1) is 17.4. The van der Waals surface area contributed by atoms with Gasteiger partial charge in [-0.15, -0.1) is 0 Å². The fraction of sp³-hybridized carbons (Fsp3) is 0.238. The molecule has 1 atom stereocenters. The summed E-state index contributed by atoms with van der Waals surface area (Å²) in [6, 6.07) is 9.59. The Morgan fingerprint density at radius 1 is 1.28 bits per heavy atom. The van der Waals surface area contributed by atoms with Gasteiger partial charge in [0.15, 0.2) is 0 Å². The van der Waals surface area contributed by atoms with Crippen LogP contribution in [0.15, 0.2) is 49.1 Å². The highest BCUT2D eigenvalue weighted by Crippen LogP contribution is 2.36. The molecule has 8 nitrogen and oxygen atoms in total. The van der Waals surface area contributed by atoms with E-state index in [2.05, 4.69) is 38.9 Å². The molecule has 0 aliphatic carbocycles. The first-order valence-corrected chi connectivity index (χ1v) is 9.44. The zero-order valence-corrected chi connectivity index (χ0v) is 16.2. The number of hydrogen-bond donors (Lipinski definition) is 1. The summed E-state index contributed by atoms with van der Waals surface area (Å²) in [6.07, 6.45) is 6.06. The average molecular weight is 388 g/mol. The molecule has 1 aliphatic rings. The van der Waals surface area contributed by atoms with E-state index in [1.54, 1.807) is 18.6 Å². The van der Waals surface area contributed by atoms with Gasteiger partial charge in [0.25, 0.3) is 0 Å². The van der Waals surface area contributed by atoms with Crippen molar-refractivity contribution in [3.05, 3.63) is 77.3 Å². The van der Waals surface area contributed by atoms with Gasteiger partial charge >= 0.3 is 5.97 Å². The molecular weight excluding hydrogens is 368 g/mol. The summed E-state index contributed by atoms with van der Waals surface area (Å²) in [5, 5.41) is 4.83. The van der Waals surface area contributed by atoms with Gasteiger partial charge in [0, 0.05) is 31.1 Å². The van der Waals surface area contributed by atoms with Crippen LogP contribution in [0.3, 0.4) is 0 Å². The quantitative estimate of drug-likeness (QED) is 0.543. The normalized spacial score (nSPS) is 16.1. The standard InChI is InChI=1S/C21H20N6O2/c1-13-4-3-8-27-17(13)10-16(25-27)20-19-15(23-12-24-19)7-9-26(20)18-6-5-14(11-22-18)21(28)29-2/h3-6,8,10-12,20H,7,9H2,1-2H3,(H,23,24). The average Bonchev–Trinajstić information content (AvgIpc) is 3.40. The highest BCUT2D eigenvalue weighted by Gasteiger charge is 2.34. The second-order valence-corrected chi connectivity index (χ2v) is 7.10. The molecule has 4 aromatic heterocycles. The number of pyridine rings is 2. The van der Waals surface area contributed by atoms with Gasteiger partial charge < -0.3 is 14.6 Å². The monoisotopic (exact) mass is 388 g/mol. The summed E-state index contributed by atoms with van der Waals surface area (Å²) in [5.41, 5.74) is 5.64. The fourth-order valence-electron chi connectivity index (χ4n) is 3.93. The number of aromatic nitrogens is 5. The lowest BCUT2D eigenvalue weighted by Crippen LogP contribution is -2.37. The van der Waals surface area contributed by atoms with Gasteiger partial charge in [0.05, 0.1) is 35.9 Å². The minimum absolute atomic E-state index is 0.166. The predicted molar refractivity (Wildman–Crippen MR) is 107 cm³/mol. The Kier molecular flexibility index (Phi) is 4.04. The Hall–Kier alpha value is -3.68. The van der Waals surface area contributed by atoms with Gasteiger partial charge in [0.2, 0.25) is 0 Å². The van der Waals surface area contributed by atoms with E-state index in [0.717, 1.165) is 46.9 Å². The molecule has 29 heavy (non-hydrogen) atoms. The van der Waals surface area contributed by atoms with Crippen LogP contribution in [0, 0.1) is 6.92 Å². The molecule has 1 unspecified atom stereocenters. The smallest absolute Gasteiger partial charge is 0.339 e. The van der Waals surface area contributed by atoms with E-state index in [9.17, 15) is 4.79 Å². The molecule has 0 aromatic carbocycles. The van der Waals surface area contributed by atoms with Crippen molar-refractivity contribution in [2.75, 3.05) is 18.6 Å². The summed E-state index contributed by atoms with van der Waals surface area (Å²) in [5.74, 6) is 0.370. The van der Waals surface area contributed by atoms with Crippen molar-refractivity contribution < 1.29 is 9.53 Å². The van der Waals surface area contributed by atoms with Crippen LogP contribution in [-0.4, -0.2) is 44.2 Å². The third-order valence-corrected chi connectivity index (χ3v) is 5.40. The number of aromatic amines is 1. The van der Waals surface area contributed by atoms with Crippen LogP contribution in [0.4, 0.5) is 5.82 Å². The lowest BCUT2D eigenvalue weighted by Gasteiger charge is -2.34. The zero-order chi connectivity index (χ0) is 20.0. The molecule has 0 saturated carbocycles. The number of nitrogens with zero attached hydrogens (tertiary/aromatic N) is 5. The number of carbonyl (C=O) groups excluding carboxylic acids is 1. The first-order valence-electron chi connectivity index (χ1n) is 9.44. The highest BCUT2D eigenvalue weighted by molar-refractivity contribution is 5.89. The van der Waals surface area contributed by atoms with Gasteiger partial charge in [0.1, 0.15) is 11.9 Å². The third-order valence-electron chi connectivity index (χ3n) is 5.40. The van der Waals surface area contributed by atoms with Crippen molar-refractivity contribution in [1.82, 2.24) is 24.6 Å². The molecule has 0 spiro atoms. The summed E-state index contributed by atoms with van der Waals surface area (Å²) in [4.78, 5) is 26.3. The molecule has 5 heterocycles. The molecule has 1 N–H and O–H groups in total. The van der Waals surface area contributed by atoms with E-state index >= 15 is 0 Å². The maximum atomic E-state index is 11.7. The van der Waals surface area contributed by atoms with Crippen LogP contribution in [0.1, 0.15) is 39.0 Å². The van der Waals surface area contributed by atoms with Gasteiger partial charge in [-0.2, -0.15) is 5.10 Å². The fourth-order valence-corrected chi connectivity index (χ4v) is 3.93. The molecule has 4 aromatic rings. The minimum atomic E-state index is -0.398. The molecular formula is C21H20N6O2. The van der Waals surface area contributed by atoms with Crippen LogP contribution in [0.2, 0.25) is 0 Å². The maximum Gasteiger partial charge on any atom is 0.339 e. The summed E-state index contributed by atoms with van der Waals surface area (Å²) in [7, 11) is 1.36. The Morgan fingerprint density at radius 3 is 2.93 bits per heavy atom. The number of rotatable bonds is 3. The van der Waals surface area contributed by atoms with Crippen molar-refractivity contribution in [2.45, 2.75) is 19.4 Å². The van der Waals surface area contributed by atoms with Crippen LogP contribution in [-0.2, 0) is 11.2 Å². The summed E-state index contributed by atoms with van der Waals surface area (Å²) < 4.78 is 6.67. The van der Waals surface area contributed by atoms with Gasteiger partial charge in [-0.05, 0) is 36.8 Å². The van der Waals surface area contributed by atoms with Gasteiger partial charge in [-0.3, -0.25) is 0 Å². The molecule has 1 aliphatic heterocycles. The molecule has 0 amide bonds. The zero-order valence-electron chi connectivity index (χ0n) is 16.2. The van der Waals surface area contributed by atoms with Crippen molar-refractivity contribution in [1.29, 1.82) is 0 Å². The second-order valence-electron chi connectivity index (χ2n) is 7.10. The number of H-pyrrole nitrogens is 1. The molecule has 0 saturated heterocycles. The number of aryl methyl sites for hydroxylation is 1. The molecule has 0 bridgehead atoms. The molecule has 146 valence electrons. The molecule has 0 fully saturated rings. The van der Waals surface area contributed by atoms with Gasteiger partial charge in [-0.25, -0.2) is 19.3 Å². The Bertz CT molecular complexity index is 1190. The summed E-state index contributed by atoms with van der Waals surface area (Å²) in [6.45, 7) is 2.84. The van der Waals surface area contributed by atoms with Crippen molar-refractivity contribution in [3.63, 3.8) is 0 Å². The number of ether oxygens (including phenoxy) is 1. The highest BCUT2D eigenvalue weighted by atomic mass is 16.5. The number of methoxy groups -OCH3 is 1. The molecule has 5 rings (SSSR count). The van der Waals surface area contributed by atoms with E-state index in [0.29, 0.717) is 5.56 Å². The second kappa shape index (κ2) is 6.73. The number of esters is 1. The number of hydrogen-bond acceptors (Lipinski definition) is 6. The lowest BCUT2D eigenvalue weighted by atomic mass is 9.99. The number of carbonyl (C=O) groups is 1. The number of nitrogens with one attached hydrogen (secondary N) is 1. The summed E-state index contributed by atoms with van der Waals surface area (Å²) >= 11 is 0.